The SMILES string of the molecule is Cc1cc(NC(=O)C2(C)CCCC2N)c(C)cc1O. The van der Waals surface area contributed by atoms with Gasteiger partial charge in [0.15, 0.2) is 0 Å². The number of aryl methyl sites for hydroxylation is 2. The van der Waals surface area contributed by atoms with Crippen LogP contribution in [0, 0.1) is 19.3 Å². The lowest BCUT2D eigenvalue weighted by atomic mass is 9.84. The van der Waals surface area contributed by atoms with Gasteiger partial charge in [0.05, 0.1) is 5.41 Å². The summed E-state index contributed by atoms with van der Waals surface area (Å²) in [5, 5.41) is 12.6. The van der Waals surface area contributed by atoms with E-state index in [0.717, 1.165) is 36.1 Å². The monoisotopic (exact) mass is 262 g/mol. The Morgan fingerprint density at radius 2 is 2.11 bits per heavy atom. The molecule has 2 unspecified atom stereocenters. The van der Waals surface area contributed by atoms with Crippen molar-refractivity contribution >= 4 is 11.6 Å². The van der Waals surface area contributed by atoms with E-state index >= 15 is 0 Å². The fourth-order valence-corrected chi connectivity index (χ4v) is 2.68. The molecule has 0 radical (unpaired) electrons. The molecular weight excluding hydrogens is 240 g/mol. The summed E-state index contributed by atoms with van der Waals surface area (Å²) in [5.74, 6) is 0.227. The van der Waals surface area contributed by atoms with E-state index in [1.54, 1.807) is 12.1 Å². The number of nitrogens with two attached hydrogens (primary N) is 1. The van der Waals surface area contributed by atoms with Crippen molar-refractivity contribution in [3.8, 4) is 5.75 Å². The zero-order valence-corrected chi connectivity index (χ0v) is 11.8. The first-order valence-electron chi connectivity index (χ1n) is 6.72. The molecule has 4 N–H and O–H groups in total. The first kappa shape index (κ1) is 13.9. The molecule has 1 saturated carbocycles. The van der Waals surface area contributed by atoms with Crippen molar-refractivity contribution in [1.82, 2.24) is 0 Å². The van der Waals surface area contributed by atoms with Crippen LogP contribution in [0.25, 0.3) is 0 Å². The summed E-state index contributed by atoms with van der Waals surface area (Å²) in [4.78, 5) is 12.4. The van der Waals surface area contributed by atoms with E-state index in [2.05, 4.69) is 5.32 Å². The maximum atomic E-state index is 12.4. The number of aromatic hydroxyl groups is 1. The first-order chi connectivity index (χ1) is 8.84. The summed E-state index contributed by atoms with van der Waals surface area (Å²) in [5.41, 5.74) is 7.93. The number of hydrogen-bond donors (Lipinski definition) is 3. The zero-order chi connectivity index (χ0) is 14.2. The van der Waals surface area contributed by atoms with E-state index in [1.165, 1.54) is 0 Å². The molecule has 2 rings (SSSR count). The number of nitrogens with one attached hydrogen (secondary N) is 1. The number of carbonyl (C=O) groups excluding carboxylic acids is 1. The molecule has 1 amide bonds. The highest BCUT2D eigenvalue weighted by Crippen LogP contribution is 2.38. The molecule has 1 aromatic rings. The molecule has 104 valence electrons. The quantitative estimate of drug-likeness (QED) is 0.717. The Morgan fingerprint density at radius 1 is 1.42 bits per heavy atom. The fraction of sp³-hybridized carbons (Fsp3) is 0.533. The van der Waals surface area contributed by atoms with Crippen LogP contribution in [0.15, 0.2) is 12.1 Å². The molecular formula is C15H22N2O2. The van der Waals surface area contributed by atoms with Crippen LogP contribution in [0.3, 0.4) is 0 Å². The third-order valence-corrected chi connectivity index (χ3v) is 4.34. The van der Waals surface area contributed by atoms with Crippen molar-refractivity contribution in [2.24, 2.45) is 11.1 Å². The maximum absolute atomic E-state index is 12.4. The number of benzene rings is 1. The van der Waals surface area contributed by atoms with E-state index in [-0.39, 0.29) is 17.7 Å². The Hall–Kier alpha value is -1.55. The summed E-state index contributed by atoms with van der Waals surface area (Å²) in [6.07, 6.45) is 2.73. The van der Waals surface area contributed by atoms with Gasteiger partial charge in [0.2, 0.25) is 5.91 Å². The van der Waals surface area contributed by atoms with Gasteiger partial charge in [0, 0.05) is 11.7 Å². The summed E-state index contributed by atoms with van der Waals surface area (Å²) in [6, 6.07) is 3.39. The van der Waals surface area contributed by atoms with Crippen molar-refractivity contribution < 1.29 is 9.90 Å². The van der Waals surface area contributed by atoms with Gasteiger partial charge in [0.1, 0.15) is 5.75 Å². The zero-order valence-electron chi connectivity index (χ0n) is 11.8. The van der Waals surface area contributed by atoms with Crippen LogP contribution >= 0.6 is 0 Å². The van der Waals surface area contributed by atoms with Crippen molar-refractivity contribution in [2.45, 2.75) is 46.1 Å². The largest absolute Gasteiger partial charge is 0.508 e. The normalized spacial score (nSPS) is 26.4. The van der Waals surface area contributed by atoms with Crippen molar-refractivity contribution in [3.63, 3.8) is 0 Å². The Balaban J connectivity index is 2.22. The number of rotatable bonds is 2. The summed E-state index contributed by atoms with van der Waals surface area (Å²) in [6.45, 7) is 5.61. The molecule has 2 atom stereocenters. The number of hydrogen-bond acceptors (Lipinski definition) is 3. The molecule has 4 nitrogen and oxygen atoms in total. The number of anilines is 1. The van der Waals surface area contributed by atoms with Crippen molar-refractivity contribution in [1.29, 1.82) is 0 Å². The Morgan fingerprint density at radius 3 is 2.68 bits per heavy atom. The predicted molar refractivity (Wildman–Crippen MR) is 76.1 cm³/mol. The molecule has 1 aromatic carbocycles. The van der Waals surface area contributed by atoms with Crippen LogP contribution in [-0.2, 0) is 4.79 Å². The molecule has 19 heavy (non-hydrogen) atoms. The summed E-state index contributed by atoms with van der Waals surface area (Å²) in [7, 11) is 0. The molecule has 1 aliphatic rings. The first-order valence-corrected chi connectivity index (χ1v) is 6.72. The molecule has 1 aliphatic carbocycles. The maximum Gasteiger partial charge on any atom is 0.231 e. The molecule has 0 heterocycles. The lowest BCUT2D eigenvalue weighted by Crippen LogP contribution is -2.44. The highest BCUT2D eigenvalue weighted by atomic mass is 16.3. The van der Waals surface area contributed by atoms with E-state index < -0.39 is 5.41 Å². The van der Waals surface area contributed by atoms with E-state index in [9.17, 15) is 9.90 Å². The average Bonchev–Trinajstić information content (AvgIpc) is 2.68. The standard InChI is InChI=1S/C15H22N2O2/c1-9-8-12(18)10(2)7-11(9)17-14(19)15(3)6-4-5-13(15)16/h7-8,13,18H,4-6,16H2,1-3H3,(H,17,19). The van der Waals surface area contributed by atoms with E-state index in [4.69, 9.17) is 5.73 Å². The molecule has 0 bridgehead atoms. The smallest absolute Gasteiger partial charge is 0.231 e. The second-order valence-electron chi connectivity index (χ2n) is 5.82. The Kier molecular flexibility index (Phi) is 3.54. The number of phenolic OH excluding ortho intramolecular Hbond substituents is 1. The van der Waals surface area contributed by atoms with Gasteiger partial charge in [-0.1, -0.05) is 6.42 Å². The minimum atomic E-state index is -0.488. The number of carbonyl (C=O) groups is 1. The Bertz CT molecular complexity index is 513. The lowest BCUT2D eigenvalue weighted by Gasteiger charge is -2.28. The van der Waals surface area contributed by atoms with Crippen LogP contribution in [0.2, 0.25) is 0 Å². The van der Waals surface area contributed by atoms with Crippen LogP contribution in [0.4, 0.5) is 5.69 Å². The Labute approximate surface area is 114 Å². The van der Waals surface area contributed by atoms with Gasteiger partial charge in [-0.3, -0.25) is 4.79 Å². The molecule has 1 fully saturated rings. The molecule has 0 saturated heterocycles. The van der Waals surface area contributed by atoms with Gasteiger partial charge in [-0.05, 0) is 56.9 Å². The highest BCUT2D eigenvalue weighted by Gasteiger charge is 2.43. The molecule has 4 heteroatoms. The number of phenols is 1. The van der Waals surface area contributed by atoms with Gasteiger partial charge in [0.25, 0.3) is 0 Å². The van der Waals surface area contributed by atoms with Crippen LogP contribution in [0.5, 0.6) is 5.75 Å². The van der Waals surface area contributed by atoms with E-state index in [0.29, 0.717) is 0 Å². The van der Waals surface area contributed by atoms with Crippen molar-refractivity contribution in [3.05, 3.63) is 23.3 Å². The van der Waals surface area contributed by atoms with Gasteiger partial charge in [-0.2, -0.15) is 0 Å². The van der Waals surface area contributed by atoms with Crippen LogP contribution < -0.4 is 11.1 Å². The van der Waals surface area contributed by atoms with E-state index in [1.807, 2.05) is 20.8 Å². The van der Waals surface area contributed by atoms with Gasteiger partial charge in [-0.25, -0.2) is 0 Å². The molecule has 0 aliphatic heterocycles. The van der Waals surface area contributed by atoms with Gasteiger partial charge in [-0.15, -0.1) is 0 Å². The second-order valence-corrected chi connectivity index (χ2v) is 5.82. The third kappa shape index (κ3) is 2.45. The summed E-state index contributed by atoms with van der Waals surface area (Å²) < 4.78 is 0. The third-order valence-electron chi connectivity index (χ3n) is 4.34. The van der Waals surface area contributed by atoms with Crippen molar-refractivity contribution in [2.75, 3.05) is 5.32 Å². The lowest BCUT2D eigenvalue weighted by molar-refractivity contribution is -0.125. The number of amides is 1. The van der Waals surface area contributed by atoms with Gasteiger partial charge >= 0.3 is 0 Å². The fourth-order valence-electron chi connectivity index (χ4n) is 2.68. The second kappa shape index (κ2) is 4.85. The highest BCUT2D eigenvalue weighted by molar-refractivity contribution is 5.96. The average molecular weight is 262 g/mol. The minimum absolute atomic E-state index is 0.0225. The van der Waals surface area contributed by atoms with Gasteiger partial charge < -0.3 is 16.2 Å². The predicted octanol–water partition coefficient (Wildman–Crippen LogP) is 2.47. The molecule has 0 spiro atoms. The summed E-state index contributed by atoms with van der Waals surface area (Å²) >= 11 is 0. The minimum Gasteiger partial charge on any atom is -0.508 e. The topological polar surface area (TPSA) is 75.4 Å². The van der Waals surface area contributed by atoms with Crippen LogP contribution in [0.1, 0.15) is 37.3 Å². The molecule has 0 aromatic heterocycles. The van der Waals surface area contributed by atoms with Crippen LogP contribution in [-0.4, -0.2) is 17.1 Å².